The molecule has 0 spiro atoms. The molecule has 0 aliphatic heterocycles. The number of ketones is 1. The van der Waals surface area contributed by atoms with Crippen molar-refractivity contribution in [2.45, 2.75) is 40.9 Å². The van der Waals surface area contributed by atoms with Crippen LogP contribution in [0, 0.1) is 0 Å². The van der Waals surface area contributed by atoms with Gasteiger partial charge in [-0.25, -0.2) is 14.2 Å². The number of hydrogen-bond acceptors (Lipinski definition) is 10. The van der Waals surface area contributed by atoms with Crippen LogP contribution >= 0.6 is 34.5 Å². The molecule has 3 aromatic rings. The van der Waals surface area contributed by atoms with Crippen molar-refractivity contribution in [3.8, 4) is 0 Å². The van der Waals surface area contributed by atoms with E-state index in [9.17, 15) is 22.5 Å². The summed E-state index contributed by atoms with van der Waals surface area (Å²) in [7, 11) is -4.42. The second kappa shape index (κ2) is 11.2. The van der Waals surface area contributed by atoms with Gasteiger partial charge in [-0.05, 0) is 37.1 Å². The summed E-state index contributed by atoms with van der Waals surface area (Å²) in [4.78, 5) is 22.4. The highest BCUT2D eigenvalue weighted by atomic mass is 35.5. The third-order valence-corrected chi connectivity index (χ3v) is 9.60. The maximum atomic E-state index is 13.3. The molecule has 2 heterocycles. The van der Waals surface area contributed by atoms with Crippen molar-refractivity contribution in [2.75, 3.05) is 12.4 Å². The Labute approximate surface area is 223 Å². The maximum Gasteiger partial charge on any atom is 0.335 e. The van der Waals surface area contributed by atoms with Gasteiger partial charge in [-0.15, -0.1) is 11.3 Å². The molecule has 10 nitrogen and oxygen atoms in total. The summed E-state index contributed by atoms with van der Waals surface area (Å²) in [6.45, 7) is 0. The highest BCUT2D eigenvalue weighted by Gasteiger charge is 2.37. The third-order valence-electron chi connectivity index (χ3n) is 5.36. The fraction of sp³-hybridized carbons (Fsp3) is 0.286. The number of nitrogens with zero attached hydrogens (tertiary/aromatic N) is 2. The zero-order chi connectivity index (χ0) is 26.0. The number of aromatic nitrogens is 2. The van der Waals surface area contributed by atoms with Crippen LogP contribution < -0.4 is 10.0 Å². The van der Waals surface area contributed by atoms with E-state index >= 15 is 0 Å². The average molecular weight is 592 g/mol. The number of aliphatic hydroxyl groups excluding tert-OH is 1. The lowest BCUT2D eigenvalue weighted by atomic mass is 10.1. The number of aliphatic hydroxyl groups is 1. The van der Waals surface area contributed by atoms with Crippen LogP contribution in [-0.2, 0) is 25.3 Å². The van der Waals surface area contributed by atoms with Gasteiger partial charge in [0.25, 0.3) is 0 Å². The zero-order valence-corrected chi connectivity index (χ0v) is 22.5. The largest absolute Gasteiger partial charge is 0.390 e. The molecule has 1 aliphatic carbocycles. The standard InChI is InChI=1S/C21H20Cl2N4O6S3/c1-24-36(31,32)33-16-7-12(6-15(16)28)27-21-14(9-25-10-26-21)19(29)17-8-18(20(23)34-17)35(30)13-4-2-3-11(22)5-13/h2-5,8-10,12,15-16,24,28H,6-7H2,1H3,(H,25,26,27)/t12-,15+,16-,35+/m1/s1. The molecule has 4 rings (SSSR count). The Hall–Kier alpha value is -1.97. The number of hydrogen-bond donors (Lipinski definition) is 3. The summed E-state index contributed by atoms with van der Waals surface area (Å²) >= 11 is 13.3. The van der Waals surface area contributed by atoms with E-state index < -0.39 is 45.1 Å². The van der Waals surface area contributed by atoms with E-state index in [0.29, 0.717) is 9.92 Å². The molecule has 0 unspecified atom stereocenters. The summed E-state index contributed by atoms with van der Waals surface area (Å²) in [5.41, 5.74) is 0.136. The number of benzene rings is 1. The summed E-state index contributed by atoms with van der Waals surface area (Å²) in [6, 6.07) is 7.60. The van der Waals surface area contributed by atoms with Crippen LogP contribution in [0.1, 0.15) is 28.1 Å². The second-order valence-corrected chi connectivity index (χ2v) is 12.8. The van der Waals surface area contributed by atoms with E-state index in [1.54, 1.807) is 24.3 Å². The molecule has 1 aromatic carbocycles. The minimum atomic E-state index is -3.98. The number of thiophene rings is 1. The van der Waals surface area contributed by atoms with Crippen LogP contribution in [0.3, 0.4) is 0 Å². The summed E-state index contributed by atoms with van der Waals surface area (Å²) in [5, 5.41) is 13.7. The van der Waals surface area contributed by atoms with Crippen molar-refractivity contribution in [1.82, 2.24) is 14.7 Å². The lowest BCUT2D eigenvalue weighted by Gasteiger charge is -2.15. The number of nitrogens with one attached hydrogen (secondary N) is 2. The summed E-state index contributed by atoms with van der Waals surface area (Å²) in [6.07, 6.45) is 0.935. The molecule has 3 N–H and O–H groups in total. The minimum Gasteiger partial charge on any atom is -0.390 e. The van der Waals surface area contributed by atoms with Crippen LogP contribution in [0.5, 0.6) is 0 Å². The van der Waals surface area contributed by atoms with E-state index in [2.05, 4.69) is 15.3 Å². The van der Waals surface area contributed by atoms with Gasteiger partial charge in [0.1, 0.15) is 22.6 Å². The van der Waals surface area contributed by atoms with Gasteiger partial charge in [0, 0.05) is 29.2 Å². The molecule has 1 saturated carbocycles. The molecule has 0 radical (unpaired) electrons. The van der Waals surface area contributed by atoms with Crippen LogP contribution in [0.25, 0.3) is 0 Å². The molecule has 1 fully saturated rings. The number of halogens is 2. The maximum absolute atomic E-state index is 13.3. The monoisotopic (exact) mass is 590 g/mol. The van der Waals surface area contributed by atoms with Crippen molar-refractivity contribution < 1.29 is 26.7 Å². The number of anilines is 1. The van der Waals surface area contributed by atoms with Gasteiger partial charge < -0.3 is 10.4 Å². The van der Waals surface area contributed by atoms with Crippen LogP contribution in [0.15, 0.2) is 52.6 Å². The number of carbonyl (C=O) groups excluding carboxylic acids is 1. The van der Waals surface area contributed by atoms with Crippen molar-refractivity contribution in [3.05, 3.63) is 62.7 Å². The lowest BCUT2D eigenvalue weighted by Crippen LogP contribution is -2.31. The van der Waals surface area contributed by atoms with Gasteiger partial charge in [-0.3, -0.25) is 8.98 Å². The lowest BCUT2D eigenvalue weighted by molar-refractivity contribution is 0.0636. The van der Waals surface area contributed by atoms with Gasteiger partial charge in [-0.2, -0.15) is 13.1 Å². The molecule has 2 aromatic heterocycles. The first-order valence-corrected chi connectivity index (χ1v) is 14.6. The molecule has 36 heavy (non-hydrogen) atoms. The first kappa shape index (κ1) is 27.1. The Balaban J connectivity index is 1.54. The van der Waals surface area contributed by atoms with E-state index in [1.807, 2.05) is 4.72 Å². The van der Waals surface area contributed by atoms with Crippen LogP contribution in [0.2, 0.25) is 9.36 Å². The van der Waals surface area contributed by atoms with E-state index in [0.717, 1.165) is 11.3 Å². The average Bonchev–Trinajstić information content (AvgIpc) is 3.40. The van der Waals surface area contributed by atoms with Crippen molar-refractivity contribution in [2.24, 2.45) is 0 Å². The van der Waals surface area contributed by atoms with E-state index in [-0.39, 0.29) is 38.3 Å². The summed E-state index contributed by atoms with van der Waals surface area (Å²) in [5.74, 6) is -0.241. The predicted octanol–water partition coefficient (Wildman–Crippen LogP) is 3.03. The van der Waals surface area contributed by atoms with Gasteiger partial charge in [0.05, 0.1) is 32.2 Å². The first-order valence-electron chi connectivity index (χ1n) is 10.5. The van der Waals surface area contributed by atoms with Crippen molar-refractivity contribution in [1.29, 1.82) is 0 Å². The van der Waals surface area contributed by atoms with Crippen LogP contribution in [0.4, 0.5) is 5.82 Å². The van der Waals surface area contributed by atoms with E-state index in [1.165, 1.54) is 25.6 Å². The fourth-order valence-electron chi connectivity index (χ4n) is 3.65. The third kappa shape index (κ3) is 6.11. The second-order valence-electron chi connectivity index (χ2n) is 7.76. The Morgan fingerprint density at radius 2 is 2.06 bits per heavy atom. The smallest absolute Gasteiger partial charge is 0.335 e. The SMILES string of the molecule is CNS(=O)(=O)O[C@@H]1C[C@H](Nc2ncncc2C(=O)c2cc([S@@](=O)c3cccc(Cl)c3)c(Cl)s2)C[C@@H]1O. The molecule has 192 valence electrons. The molecule has 1 aliphatic rings. The highest BCUT2D eigenvalue weighted by molar-refractivity contribution is 7.85. The molecule has 15 heteroatoms. The predicted molar refractivity (Wildman–Crippen MR) is 136 cm³/mol. The topological polar surface area (TPSA) is 148 Å². The minimum absolute atomic E-state index is 0.136. The zero-order valence-electron chi connectivity index (χ0n) is 18.6. The number of rotatable bonds is 9. The summed E-state index contributed by atoms with van der Waals surface area (Å²) < 4.78 is 43.6. The Bertz CT molecular complexity index is 1420. The fourth-order valence-corrected chi connectivity index (χ4v) is 7.26. The molecule has 0 saturated heterocycles. The Morgan fingerprint density at radius 1 is 1.28 bits per heavy atom. The van der Waals surface area contributed by atoms with Crippen molar-refractivity contribution in [3.63, 3.8) is 0 Å². The number of carbonyl (C=O) groups is 1. The van der Waals surface area contributed by atoms with E-state index in [4.69, 9.17) is 27.4 Å². The van der Waals surface area contributed by atoms with Gasteiger partial charge >= 0.3 is 10.3 Å². The Kier molecular flexibility index (Phi) is 8.42. The van der Waals surface area contributed by atoms with Gasteiger partial charge in [0.15, 0.2) is 0 Å². The van der Waals surface area contributed by atoms with Crippen LogP contribution in [-0.4, -0.2) is 58.8 Å². The molecule has 4 atom stereocenters. The van der Waals surface area contributed by atoms with Gasteiger partial charge in [-0.1, -0.05) is 29.3 Å². The van der Waals surface area contributed by atoms with Gasteiger partial charge in [0.2, 0.25) is 5.78 Å². The normalized spacial score (nSPS) is 20.8. The molecular formula is C21H20Cl2N4O6S3. The molecular weight excluding hydrogens is 571 g/mol. The quantitative estimate of drug-likeness (QED) is 0.320. The highest BCUT2D eigenvalue weighted by Crippen LogP contribution is 2.35. The first-order chi connectivity index (χ1) is 17.1. The Morgan fingerprint density at radius 3 is 2.78 bits per heavy atom. The molecule has 0 bridgehead atoms. The molecule has 0 amide bonds. The van der Waals surface area contributed by atoms with Crippen molar-refractivity contribution >= 4 is 67.2 Å².